The van der Waals surface area contributed by atoms with E-state index in [-0.39, 0.29) is 83.9 Å². The Morgan fingerprint density at radius 2 is 1.12 bits per heavy atom. The van der Waals surface area contributed by atoms with Gasteiger partial charge in [0.25, 0.3) is 0 Å². The molecule has 2 aliphatic rings. The minimum absolute atomic E-state index is 0. The molecule has 60 heavy (non-hydrogen) atoms. The first-order valence-corrected chi connectivity index (χ1v) is 18.6. The molecule has 0 atom stereocenters. The third-order valence-electron chi connectivity index (χ3n) is 7.41. The fourth-order valence-electron chi connectivity index (χ4n) is 4.78. The predicted molar refractivity (Wildman–Crippen MR) is 211 cm³/mol. The van der Waals surface area contributed by atoms with Gasteiger partial charge in [-0.1, -0.05) is 0 Å². The zero-order chi connectivity index (χ0) is 45.0. The Morgan fingerprint density at radius 3 is 1.50 bits per heavy atom. The van der Waals surface area contributed by atoms with Crippen LogP contribution in [0.2, 0.25) is 0 Å². The number of carbonyl (C=O) groups excluding carboxylic acids is 2. The zero-order valence-electron chi connectivity index (χ0n) is 33.4. The normalized spacial score (nSPS) is 13.4. The number of carboxylic acids is 1. The van der Waals surface area contributed by atoms with Crippen LogP contribution in [0, 0.1) is 0 Å². The molecule has 10 N–H and O–H groups in total. The summed E-state index contributed by atoms with van der Waals surface area (Å²) >= 11 is 10.6. The second-order valence-electron chi connectivity index (χ2n) is 12.5. The number of rotatable bonds is 8. The summed E-state index contributed by atoms with van der Waals surface area (Å²) in [4.78, 5) is 33.8. The Bertz CT molecular complexity index is 1780. The van der Waals surface area contributed by atoms with Gasteiger partial charge in [-0.15, -0.1) is 23.2 Å². The van der Waals surface area contributed by atoms with Crippen molar-refractivity contribution in [2.75, 3.05) is 64.7 Å². The van der Waals surface area contributed by atoms with E-state index in [0.29, 0.717) is 44.0 Å². The van der Waals surface area contributed by atoms with Crippen molar-refractivity contribution in [2.24, 2.45) is 0 Å². The molecule has 3 aromatic carbocycles. The molecule has 2 saturated heterocycles. The maximum atomic E-state index is 12.6. The van der Waals surface area contributed by atoms with Gasteiger partial charge >= 0.3 is 54.1 Å². The first-order valence-electron chi connectivity index (χ1n) is 17.6. The maximum absolute atomic E-state index is 12.6. The second-order valence-corrected chi connectivity index (χ2v) is 13.3. The van der Waals surface area contributed by atoms with Crippen molar-refractivity contribution in [3.8, 4) is 0 Å². The first-order chi connectivity index (χ1) is 27.4. The average molecular weight is 920 g/mol. The molecule has 332 valence electrons. The third-order valence-corrected chi connectivity index (χ3v) is 7.95. The second kappa shape index (κ2) is 27.2. The molecule has 0 aliphatic carbocycles. The number of carbonyl (C=O) groups is 3. The van der Waals surface area contributed by atoms with Gasteiger partial charge in [0.05, 0.1) is 16.7 Å². The fraction of sp³-hybridized carbons (Fsp3) is 0.432. The van der Waals surface area contributed by atoms with Crippen LogP contribution in [0.25, 0.3) is 0 Å². The molecule has 2 fully saturated rings. The summed E-state index contributed by atoms with van der Waals surface area (Å²) in [5.41, 5.74) is 18.8. The number of nitrogens with one attached hydrogen (secondary N) is 1. The number of benzene rings is 3. The molecule has 0 bridgehead atoms. The van der Waals surface area contributed by atoms with Gasteiger partial charge in [0.1, 0.15) is 0 Å². The minimum atomic E-state index is -4.50. The van der Waals surface area contributed by atoms with Crippen LogP contribution in [-0.4, -0.2) is 54.4 Å². The van der Waals surface area contributed by atoms with Gasteiger partial charge in [-0.3, -0.25) is 14.4 Å². The monoisotopic (exact) mass is 918 g/mol. The number of anilines is 6. The first kappa shape index (κ1) is 56.2. The van der Waals surface area contributed by atoms with E-state index < -0.39 is 47.1 Å². The standard InChI is InChI=1S/C11H12ClF3N2O.C11H11F3N2O.C7H7F3N2.C4H7ClO2.C4H8O.Na.H/c12-3-1-2-10(18)17-9-5-7(11(13,14)15)4-8(16)6-9;12-11(13,14)7-4-8(15)6-9(5-7)16-3-1-2-10(16)17;8-7(9,10)4-1-5(11)3-6(12)2-4;5-3-1-2-4(6)7;1-2-4-5-3-1;;/h4-6H,1-3,16H2,(H,17,18);4-6H,1-3,15H2;1-3H,11-12H2;1-3H2,(H,6,7);1-4H2;;/q;;;;;+1;-1. The number of hydrogen-bond donors (Lipinski definition) is 6. The number of alkyl halides is 11. The number of nitrogens with two attached hydrogens (primary N) is 4. The molecule has 2 aliphatic heterocycles. The Labute approximate surface area is 374 Å². The summed E-state index contributed by atoms with van der Waals surface area (Å²) in [6.45, 7) is 2.44. The van der Waals surface area contributed by atoms with Crippen molar-refractivity contribution in [3.05, 3.63) is 71.3 Å². The minimum Gasteiger partial charge on any atom is -1.00 e. The van der Waals surface area contributed by atoms with E-state index in [9.17, 15) is 53.9 Å². The molecular formula is C37H46Cl2F9N6NaO5. The van der Waals surface area contributed by atoms with E-state index in [0.717, 1.165) is 49.6 Å². The molecular weight excluding hydrogens is 873 g/mol. The molecule has 0 saturated carbocycles. The molecule has 2 heterocycles. The molecule has 0 aromatic heterocycles. The summed E-state index contributed by atoms with van der Waals surface area (Å²) in [6.07, 6.45) is -8.38. The van der Waals surface area contributed by atoms with E-state index in [1.54, 1.807) is 0 Å². The van der Waals surface area contributed by atoms with Crippen LogP contribution in [0.1, 0.15) is 69.5 Å². The molecule has 0 unspecified atom stereocenters. The third kappa shape index (κ3) is 23.3. The van der Waals surface area contributed by atoms with Gasteiger partial charge in [0.15, 0.2) is 0 Å². The quantitative estimate of drug-likeness (QED) is 0.0629. The summed E-state index contributed by atoms with van der Waals surface area (Å²) < 4.78 is 116. The largest absolute Gasteiger partial charge is 1.00 e. The average Bonchev–Trinajstić information content (AvgIpc) is 3.84. The van der Waals surface area contributed by atoms with Crippen molar-refractivity contribution in [3.63, 3.8) is 0 Å². The molecule has 5 rings (SSSR count). The number of carboxylic acid groups (broad SMARTS) is 1. The van der Waals surface area contributed by atoms with Crippen molar-refractivity contribution >= 4 is 75.1 Å². The summed E-state index contributed by atoms with van der Waals surface area (Å²) in [7, 11) is 0. The van der Waals surface area contributed by atoms with Crippen LogP contribution in [0.15, 0.2) is 54.6 Å². The van der Waals surface area contributed by atoms with Crippen molar-refractivity contribution < 1.29 is 94.7 Å². The smallest absolute Gasteiger partial charge is 1.00 e. The SMILES string of the molecule is C1CCOC1.Nc1cc(N)cc(C(F)(F)F)c1.Nc1cc(N2CCCC2=O)cc(C(F)(F)F)c1.Nc1cc(NC(=O)CCCCl)cc(C(F)(F)F)c1.O=C(O)CCCCl.[H-].[Na+]. The number of hydrogen-bond acceptors (Lipinski definition) is 8. The Balaban J connectivity index is 0. The summed E-state index contributed by atoms with van der Waals surface area (Å²) in [5.74, 6) is -0.580. The van der Waals surface area contributed by atoms with E-state index in [4.69, 9.17) is 56.0 Å². The number of ether oxygens (including phenoxy) is 1. The van der Waals surface area contributed by atoms with Crippen LogP contribution in [0.4, 0.5) is 73.6 Å². The fourth-order valence-corrected chi connectivity index (χ4v) is 5.05. The van der Waals surface area contributed by atoms with E-state index >= 15 is 0 Å². The van der Waals surface area contributed by atoms with Crippen LogP contribution >= 0.6 is 23.2 Å². The number of aliphatic carboxylic acids is 1. The van der Waals surface area contributed by atoms with Crippen LogP contribution in [-0.2, 0) is 37.6 Å². The van der Waals surface area contributed by atoms with Gasteiger partial charge in [-0.25, -0.2) is 0 Å². The van der Waals surface area contributed by atoms with Gasteiger partial charge in [-0.05, 0) is 86.7 Å². The Kier molecular flexibility index (Phi) is 25.5. The molecule has 2 amide bonds. The Hall–Kier alpha value is -3.82. The van der Waals surface area contributed by atoms with Gasteiger partial charge in [0, 0.05) is 84.9 Å². The van der Waals surface area contributed by atoms with Crippen LogP contribution in [0.3, 0.4) is 0 Å². The van der Waals surface area contributed by atoms with Crippen molar-refractivity contribution in [1.82, 2.24) is 0 Å². The van der Waals surface area contributed by atoms with E-state index in [1.165, 1.54) is 35.9 Å². The van der Waals surface area contributed by atoms with Gasteiger partial charge in [-0.2, -0.15) is 39.5 Å². The topological polar surface area (TPSA) is 200 Å². The number of nitrogens with zero attached hydrogens (tertiary/aromatic N) is 1. The number of halogens is 11. The van der Waals surface area contributed by atoms with E-state index in [2.05, 4.69) is 5.32 Å². The summed E-state index contributed by atoms with van der Waals surface area (Å²) in [5, 5.41) is 10.3. The molecule has 0 spiro atoms. The molecule has 23 heteroatoms. The maximum Gasteiger partial charge on any atom is 1.00 e. The van der Waals surface area contributed by atoms with Gasteiger partial charge in [0.2, 0.25) is 11.8 Å². The molecule has 0 radical (unpaired) electrons. The number of amides is 2. The predicted octanol–water partition coefficient (Wildman–Crippen LogP) is 6.53. The Morgan fingerprint density at radius 1 is 0.683 bits per heavy atom. The number of nitrogen functional groups attached to an aromatic ring is 4. The molecule has 11 nitrogen and oxygen atoms in total. The van der Waals surface area contributed by atoms with Crippen LogP contribution < -0.4 is 62.7 Å². The van der Waals surface area contributed by atoms with Crippen molar-refractivity contribution in [1.29, 1.82) is 0 Å². The zero-order valence-corrected chi connectivity index (χ0v) is 35.9. The van der Waals surface area contributed by atoms with Gasteiger partial charge < -0.3 is 44.4 Å². The van der Waals surface area contributed by atoms with Crippen LogP contribution in [0.5, 0.6) is 0 Å². The van der Waals surface area contributed by atoms with E-state index in [1.807, 2.05) is 0 Å². The summed E-state index contributed by atoms with van der Waals surface area (Å²) in [6, 6.07) is 9.10. The van der Waals surface area contributed by atoms with Crippen molar-refractivity contribution in [2.45, 2.75) is 69.9 Å². The molecule has 3 aromatic rings.